The number of nitrogens with two attached hydrogens (primary N) is 1. The molecule has 5 nitrogen and oxygen atoms in total. The lowest BCUT2D eigenvalue weighted by molar-refractivity contribution is 0.446. The highest BCUT2D eigenvalue weighted by molar-refractivity contribution is 5.84. The van der Waals surface area contributed by atoms with Gasteiger partial charge in [-0.15, -0.1) is 5.10 Å². The molecular formula is C33H27N5. The van der Waals surface area contributed by atoms with Gasteiger partial charge in [-0.05, 0) is 61.0 Å². The van der Waals surface area contributed by atoms with Crippen molar-refractivity contribution in [3.63, 3.8) is 0 Å². The largest absolute Gasteiger partial charge is 0.326 e. The molecule has 2 N–H and O–H groups in total. The molecule has 0 saturated carbocycles. The maximum absolute atomic E-state index is 5.84. The summed E-state index contributed by atoms with van der Waals surface area (Å²) in [6.45, 7) is 0.530. The molecule has 5 aromatic carbocycles. The van der Waals surface area contributed by atoms with Crippen molar-refractivity contribution in [1.29, 1.82) is 0 Å². The lowest BCUT2D eigenvalue weighted by Crippen LogP contribution is -2.38. The topological polar surface area (TPSA) is 69.6 Å². The van der Waals surface area contributed by atoms with E-state index in [4.69, 9.17) is 5.73 Å². The SMILES string of the molecule is NCc1ccc(-c2ccccc2-c2cccc(C(c3ccccc3)(c3ccccc3)n3cnnn3)c2)cc1. The normalized spacial score (nSPS) is 11.4. The molecule has 0 aliphatic heterocycles. The lowest BCUT2D eigenvalue weighted by atomic mass is 9.76. The van der Waals surface area contributed by atoms with Crippen LogP contribution in [0.1, 0.15) is 22.3 Å². The van der Waals surface area contributed by atoms with Crippen LogP contribution in [0.2, 0.25) is 0 Å². The summed E-state index contributed by atoms with van der Waals surface area (Å²) in [5.41, 5.74) is 14.0. The lowest BCUT2D eigenvalue weighted by Gasteiger charge is -2.35. The Kier molecular flexibility index (Phi) is 6.34. The number of nitrogens with zero attached hydrogens (tertiary/aromatic N) is 4. The van der Waals surface area contributed by atoms with Crippen molar-refractivity contribution in [2.75, 3.05) is 0 Å². The maximum atomic E-state index is 5.84. The first kappa shape index (κ1) is 23.5. The third kappa shape index (κ3) is 4.09. The predicted molar refractivity (Wildman–Crippen MR) is 151 cm³/mol. The van der Waals surface area contributed by atoms with Gasteiger partial charge in [0.25, 0.3) is 0 Å². The number of benzene rings is 5. The highest BCUT2D eigenvalue weighted by atomic mass is 15.5. The van der Waals surface area contributed by atoms with Crippen molar-refractivity contribution in [3.05, 3.63) is 162 Å². The molecule has 0 atom stereocenters. The summed E-state index contributed by atoms with van der Waals surface area (Å²) in [6.07, 6.45) is 1.69. The van der Waals surface area contributed by atoms with Gasteiger partial charge in [0, 0.05) is 6.54 Å². The number of tetrazole rings is 1. The van der Waals surface area contributed by atoms with Crippen LogP contribution in [0.4, 0.5) is 0 Å². The van der Waals surface area contributed by atoms with Crippen molar-refractivity contribution in [3.8, 4) is 22.3 Å². The Bertz CT molecular complexity index is 1590. The highest BCUT2D eigenvalue weighted by Crippen LogP contribution is 2.42. The molecule has 0 saturated heterocycles. The van der Waals surface area contributed by atoms with E-state index >= 15 is 0 Å². The van der Waals surface area contributed by atoms with E-state index in [-0.39, 0.29) is 0 Å². The number of hydrogen-bond donors (Lipinski definition) is 1. The molecule has 1 heterocycles. The Morgan fingerprint density at radius 1 is 0.579 bits per heavy atom. The third-order valence-corrected chi connectivity index (χ3v) is 7.09. The molecular weight excluding hydrogens is 466 g/mol. The monoisotopic (exact) mass is 493 g/mol. The Morgan fingerprint density at radius 2 is 1.16 bits per heavy atom. The average molecular weight is 494 g/mol. The summed E-state index contributed by atoms with van der Waals surface area (Å²) >= 11 is 0. The van der Waals surface area contributed by atoms with E-state index in [0.29, 0.717) is 6.54 Å². The van der Waals surface area contributed by atoms with Crippen molar-refractivity contribution in [1.82, 2.24) is 20.2 Å². The minimum absolute atomic E-state index is 0.530. The molecule has 5 heteroatoms. The van der Waals surface area contributed by atoms with Crippen molar-refractivity contribution in [2.45, 2.75) is 12.1 Å². The van der Waals surface area contributed by atoms with Crippen LogP contribution in [0, 0.1) is 0 Å². The van der Waals surface area contributed by atoms with E-state index < -0.39 is 5.54 Å². The van der Waals surface area contributed by atoms with Gasteiger partial charge in [-0.2, -0.15) is 0 Å². The van der Waals surface area contributed by atoms with Gasteiger partial charge in [0.2, 0.25) is 0 Å². The quantitative estimate of drug-likeness (QED) is 0.265. The van der Waals surface area contributed by atoms with Crippen molar-refractivity contribution < 1.29 is 0 Å². The Balaban J connectivity index is 1.59. The predicted octanol–water partition coefficient (Wildman–Crippen LogP) is 6.31. The molecule has 0 aliphatic rings. The van der Waals surface area contributed by atoms with Gasteiger partial charge in [-0.1, -0.05) is 127 Å². The molecule has 6 rings (SSSR count). The van der Waals surface area contributed by atoms with Gasteiger partial charge in [0.15, 0.2) is 0 Å². The summed E-state index contributed by atoms with van der Waals surface area (Å²) in [5, 5.41) is 12.5. The molecule has 0 fully saturated rings. The fourth-order valence-corrected chi connectivity index (χ4v) is 5.29. The zero-order chi connectivity index (χ0) is 25.8. The fourth-order valence-electron chi connectivity index (χ4n) is 5.29. The van der Waals surface area contributed by atoms with Crippen molar-refractivity contribution in [2.24, 2.45) is 5.73 Å². The second-order valence-electron chi connectivity index (χ2n) is 9.22. The second kappa shape index (κ2) is 10.2. The molecule has 0 radical (unpaired) electrons. The van der Waals surface area contributed by atoms with Crippen LogP contribution in [0.5, 0.6) is 0 Å². The second-order valence-corrected chi connectivity index (χ2v) is 9.22. The van der Waals surface area contributed by atoms with Crippen LogP contribution >= 0.6 is 0 Å². The van der Waals surface area contributed by atoms with Crippen LogP contribution in [-0.4, -0.2) is 20.2 Å². The van der Waals surface area contributed by atoms with E-state index in [1.54, 1.807) is 6.33 Å². The molecule has 6 aromatic rings. The Morgan fingerprint density at radius 3 is 1.74 bits per heavy atom. The number of rotatable bonds is 7. The van der Waals surface area contributed by atoms with Gasteiger partial charge in [-0.25, -0.2) is 4.68 Å². The van der Waals surface area contributed by atoms with E-state index in [2.05, 4.69) is 137 Å². The molecule has 0 amide bonds. The smallest absolute Gasteiger partial charge is 0.141 e. The Hall–Kier alpha value is -4.87. The summed E-state index contributed by atoms with van der Waals surface area (Å²) in [6, 6.07) is 46.5. The van der Waals surface area contributed by atoms with E-state index in [1.165, 1.54) is 5.56 Å². The first-order valence-electron chi connectivity index (χ1n) is 12.6. The minimum atomic E-state index is -0.764. The Labute approximate surface area is 222 Å². The molecule has 0 unspecified atom stereocenters. The summed E-state index contributed by atoms with van der Waals surface area (Å²) in [7, 11) is 0. The third-order valence-electron chi connectivity index (χ3n) is 7.09. The van der Waals surface area contributed by atoms with Crippen molar-refractivity contribution >= 4 is 0 Å². The van der Waals surface area contributed by atoms with Crippen LogP contribution in [0.15, 0.2) is 140 Å². The molecule has 184 valence electrons. The first-order chi connectivity index (χ1) is 18.8. The molecule has 0 bridgehead atoms. The van der Waals surface area contributed by atoms with Gasteiger partial charge in [-0.3, -0.25) is 0 Å². The molecule has 0 spiro atoms. The fraction of sp³-hybridized carbons (Fsp3) is 0.0606. The van der Waals surface area contributed by atoms with Crippen LogP contribution in [-0.2, 0) is 12.1 Å². The highest BCUT2D eigenvalue weighted by Gasteiger charge is 2.40. The number of hydrogen-bond acceptors (Lipinski definition) is 4. The van der Waals surface area contributed by atoms with E-state index in [1.807, 2.05) is 16.8 Å². The first-order valence-corrected chi connectivity index (χ1v) is 12.6. The number of aromatic nitrogens is 4. The van der Waals surface area contributed by atoms with Gasteiger partial charge < -0.3 is 5.73 Å². The summed E-state index contributed by atoms with van der Waals surface area (Å²) in [5.74, 6) is 0. The zero-order valence-corrected chi connectivity index (χ0v) is 20.9. The van der Waals surface area contributed by atoms with E-state index in [9.17, 15) is 0 Å². The van der Waals surface area contributed by atoms with Crippen LogP contribution in [0.3, 0.4) is 0 Å². The summed E-state index contributed by atoms with van der Waals surface area (Å²) in [4.78, 5) is 0. The molecule has 38 heavy (non-hydrogen) atoms. The minimum Gasteiger partial charge on any atom is -0.326 e. The average Bonchev–Trinajstić information content (AvgIpc) is 3.54. The molecule has 1 aromatic heterocycles. The van der Waals surface area contributed by atoms with Gasteiger partial charge in [0.05, 0.1) is 0 Å². The van der Waals surface area contributed by atoms with Gasteiger partial charge >= 0.3 is 0 Å². The van der Waals surface area contributed by atoms with E-state index in [0.717, 1.165) is 38.9 Å². The molecule has 0 aliphatic carbocycles. The zero-order valence-electron chi connectivity index (χ0n) is 20.9. The maximum Gasteiger partial charge on any atom is 0.141 e. The van der Waals surface area contributed by atoms with Gasteiger partial charge in [0.1, 0.15) is 11.9 Å². The van der Waals surface area contributed by atoms with Crippen LogP contribution in [0.25, 0.3) is 22.3 Å². The standard InChI is InChI=1S/C33H27N5/c34-23-25-18-20-26(21-19-25)31-16-7-8-17-32(31)27-10-9-15-30(22-27)33(38-24-35-36-37-38,28-11-3-1-4-12-28)29-13-5-2-6-14-29/h1-22,24H,23,34H2. The van der Waals surface area contributed by atoms with Crippen LogP contribution < -0.4 is 5.73 Å². The summed E-state index contributed by atoms with van der Waals surface area (Å²) < 4.78 is 1.86.